The minimum atomic E-state index is -1.28. The second-order valence-electron chi connectivity index (χ2n) is 7.49. The zero-order valence-corrected chi connectivity index (χ0v) is 18.2. The summed E-state index contributed by atoms with van der Waals surface area (Å²) in [5.74, 6) is -2.92. The lowest BCUT2D eigenvalue weighted by Gasteiger charge is -2.47. The van der Waals surface area contributed by atoms with E-state index in [1.807, 2.05) is 0 Å². The Morgan fingerprint density at radius 1 is 0.839 bits per heavy atom. The Balaban J connectivity index is 2.48. The molecule has 0 aromatic rings. The average Bonchev–Trinajstić information content (AvgIpc) is 2.86. The highest BCUT2D eigenvalue weighted by atomic mass is 16.7. The summed E-state index contributed by atoms with van der Waals surface area (Å²) >= 11 is 0. The smallest absolute Gasteiger partial charge is 0.303 e. The molecular weight excluding hydrogens is 414 g/mol. The van der Waals surface area contributed by atoms with Gasteiger partial charge in [0.1, 0.15) is 12.7 Å². The van der Waals surface area contributed by atoms with Crippen molar-refractivity contribution in [2.24, 2.45) is 0 Å². The van der Waals surface area contributed by atoms with Crippen LogP contribution in [0.25, 0.3) is 0 Å². The number of likely N-dealkylation sites (tertiary alicyclic amines) is 1. The van der Waals surface area contributed by atoms with Gasteiger partial charge in [-0.1, -0.05) is 6.42 Å². The van der Waals surface area contributed by atoms with Gasteiger partial charge in [-0.2, -0.15) is 0 Å². The van der Waals surface area contributed by atoms with Crippen molar-refractivity contribution in [3.8, 4) is 0 Å². The van der Waals surface area contributed by atoms with Crippen LogP contribution in [0.5, 0.6) is 0 Å². The Morgan fingerprint density at radius 3 is 2.00 bits per heavy atom. The first kappa shape index (κ1) is 24.6. The molecule has 0 bridgehead atoms. The van der Waals surface area contributed by atoms with E-state index in [1.165, 1.54) is 11.8 Å². The number of hydrogen-bond acceptors (Lipinski definition) is 10. The van der Waals surface area contributed by atoms with E-state index in [1.54, 1.807) is 0 Å². The molecule has 2 heterocycles. The number of hydrogen-bond donors (Lipinski definition) is 0. The normalized spacial score (nSPS) is 28.8. The van der Waals surface area contributed by atoms with E-state index in [0.29, 0.717) is 19.4 Å². The molecule has 11 heteroatoms. The second-order valence-corrected chi connectivity index (χ2v) is 7.49. The molecule has 2 rings (SSSR count). The number of carbonyl (C=O) groups excluding carboxylic acids is 5. The summed E-state index contributed by atoms with van der Waals surface area (Å²) in [6.45, 7) is 4.68. The fourth-order valence-corrected chi connectivity index (χ4v) is 3.73. The molecule has 2 aliphatic rings. The third-order valence-electron chi connectivity index (χ3n) is 4.88. The lowest BCUT2D eigenvalue weighted by Crippen LogP contribution is -2.66. The zero-order valence-electron chi connectivity index (χ0n) is 18.2. The van der Waals surface area contributed by atoms with Crippen molar-refractivity contribution in [1.82, 2.24) is 4.90 Å². The monoisotopic (exact) mass is 443 g/mol. The van der Waals surface area contributed by atoms with Crippen LogP contribution in [-0.4, -0.2) is 78.5 Å². The van der Waals surface area contributed by atoms with Gasteiger partial charge in [0.05, 0.1) is 0 Å². The molecule has 5 atom stereocenters. The Bertz CT molecular complexity index is 708. The van der Waals surface area contributed by atoms with Gasteiger partial charge in [-0.25, -0.2) is 0 Å². The van der Waals surface area contributed by atoms with E-state index in [-0.39, 0.29) is 18.9 Å². The van der Waals surface area contributed by atoms with Crippen LogP contribution in [-0.2, 0) is 47.7 Å². The van der Waals surface area contributed by atoms with Gasteiger partial charge in [-0.3, -0.25) is 24.0 Å². The predicted molar refractivity (Wildman–Crippen MR) is 102 cm³/mol. The van der Waals surface area contributed by atoms with Gasteiger partial charge in [0.2, 0.25) is 5.91 Å². The lowest BCUT2D eigenvalue weighted by molar-refractivity contribution is -0.275. The lowest BCUT2D eigenvalue weighted by atomic mass is 9.96. The van der Waals surface area contributed by atoms with Crippen LogP contribution in [0.15, 0.2) is 0 Å². The molecule has 31 heavy (non-hydrogen) atoms. The topological polar surface area (TPSA) is 135 Å². The number of ether oxygens (including phenoxy) is 5. The first-order chi connectivity index (χ1) is 14.6. The summed E-state index contributed by atoms with van der Waals surface area (Å²) in [6.07, 6.45) is -3.40. The summed E-state index contributed by atoms with van der Waals surface area (Å²) in [5, 5.41) is 0. The highest BCUT2D eigenvalue weighted by Crippen LogP contribution is 2.32. The number of rotatable bonds is 6. The predicted octanol–water partition coefficient (Wildman–Crippen LogP) is 0.472. The van der Waals surface area contributed by atoms with E-state index in [0.717, 1.165) is 27.2 Å². The van der Waals surface area contributed by atoms with Crippen LogP contribution in [0.2, 0.25) is 0 Å². The SMILES string of the molecule is CC(=O)OC[C@H]1O[C@@H](N2CCCCCC2=O)[C@H](OC(C)=O)[C@@H](OC(C)=O)[C@H]1OC(C)=O. The number of carbonyl (C=O) groups is 5. The van der Waals surface area contributed by atoms with E-state index >= 15 is 0 Å². The van der Waals surface area contributed by atoms with Crippen LogP contribution >= 0.6 is 0 Å². The maximum absolute atomic E-state index is 12.7. The largest absolute Gasteiger partial charge is 0.463 e. The molecule has 2 fully saturated rings. The highest BCUT2D eigenvalue weighted by molar-refractivity contribution is 5.77. The van der Waals surface area contributed by atoms with E-state index < -0.39 is 54.5 Å². The summed E-state index contributed by atoms with van der Waals surface area (Å²) in [5.41, 5.74) is 0. The molecule has 174 valence electrons. The molecule has 0 unspecified atom stereocenters. The minimum absolute atomic E-state index is 0.210. The van der Waals surface area contributed by atoms with Crippen molar-refractivity contribution in [2.45, 2.75) is 84.0 Å². The van der Waals surface area contributed by atoms with Crippen LogP contribution in [0, 0.1) is 0 Å². The second kappa shape index (κ2) is 11.1. The van der Waals surface area contributed by atoms with Crippen LogP contribution in [0.1, 0.15) is 53.4 Å². The minimum Gasteiger partial charge on any atom is -0.463 e. The first-order valence-corrected chi connectivity index (χ1v) is 10.2. The van der Waals surface area contributed by atoms with Crippen molar-refractivity contribution in [3.05, 3.63) is 0 Å². The fraction of sp³-hybridized carbons (Fsp3) is 0.750. The summed E-state index contributed by atoms with van der Waals surface area (Å²) in [7, 11) is 0. The zero-order chi connectivity index (χ0) is 23.1. The van der Waals surface area contributed by atoms with Gasteiger partial charge in [0.15, 0.2) is 24.5 Å². The van der Waals surface area contributed by atoms with Gasteiger partial charge in [-0.05, 0) is 12.8 Å². The van der Waals surface area contributed by atoms with E-state index in [2.05, 4.69) is 0 Å². The molecule has 1 amide bonds. The molecule has 0 aromatic heterocycles. The standard InChI is InChI=1S/C20H29NO10/c1-11(22)27-10-15-17(28-12(2)23)18(29-13(3)24)19(30-14(4)25)20(31-15)21-9-7-5-6-8-16(21)26/h15,17-20H,5-10H2,1-4H3/t15-,17+,18+,19-,20-/m1/s1. The Hall–Kier alpha value is -2.69. The number of esters is 4. The average molecular weight is 443 g/mol. The molecule has 0 saturated carbocycles. The van der Waals surface area contributed by atoms with Crippen molar-refractivity contribution >= 4 is 29.8 Å². The first-order valence-electron chi connectivity index (χ1n) is 10.2. The Kier molecular flexibility index (Phi) is 8.78. The third-order valence-corrected chi connectivity index (χ3v) is 4.88. The van der Waals surface area contributed by atoms with Gasteiger partial charge in [0, 0.05) is 40.7 Å². The van der Waals surface area contributed by atoms with E-state index in [9.17, 15) is 24.0 Å². The number of amides is 1. The van der Waals surface area contributed by atoms with E-state index in [4.69, 9.17) is 23.7 Å². The quantitative estimate of drug-likeness (QED) is 0.421. The molecule has 0 spiro atoms. The molecule has 0 aromatic carbocycles. The fourth-order valence-electron chi connectivity index (χ4n) is 3.73. The maximum Gasteiger partial charge on any atom is 0.303 e. The third kappa shape index (κ3) is 6.91. The van der Waals surface area contributed by atoms with Gasteiger partial charge in [-0.15, -0.1) is 0 Å². The van der Waals surface area contributed by atoms with Crippen LogP contribution < -0.4 is 0 Å². The van der Waals surface area contributed by atoms with Crippen LogP contribution in [0.3, 0.4) is 0 Å². The number of nitrogens with zero attached hydrogens (tertiary/aromatic N) is 1. The Morgan fingerprint density at radius 2 is 1.42 bits per heavy atom. The molecule has 0 radical (unpaired) electrons. The van der Waals surface area contributed by atoms with Gasteiger partial charge >= 0.3 is 23.9 Å². The molecule has 2 aliphatic heterocycles. The van der Waals surface area contributed by atoms with Crippen molar-refractivity contribution in [1.29, 1.82) is 0 Å². The maximum atomic E-state index is 12.7. The van der Waals surface area contributed by atoms with Crippen LogP contribution in [0.4, 0.5) is 0 Å². The summed E-state index contributed by atoms with van der Waals surface area (Å²) in [6, 6.07) is 0. The van der Waals surface area contributed by atoms with Crippen molar-refractivity contribution in [2.75, 3.05) is 13.2 Å². The molecular formula is C20H29NO10. The van der Waals surface area contributed by atoms with Crippen molar-refractivity contribution < 1.29 is 47.7 Å². The van der Waals surface area contributed by atoms with Crippen molar-refractivity contribution in [3.63, 3.8) is 0 Å². The molecule has 0 aliphatic carbocycles. The van der Waals surface area contributed by atoms with Gasteiger partial charge < -0.3 is 28.6 Å². The molecule has 2 saturated heterocycles. The van der Waals surface area contributed by atoms with Gasteiger partial charge in [0.25, 0.3) is 0 Å². The highest BCUT2D eigenvalue weighted by Gasteiger charge is 2.54. The molecule has 0 N–H and O–H groups in total. The summed E-state index contributed by atoms with van der Waals surface area (Å²) in [4.78, 5) is 61.0. The Labute approximate surface area is 180 Å². The summed E-state index contributed by atoms with van der Waals surface area (Å²) < 4.78 is 27.2. The molecule has 11 nitrogen and oxygen atoms in total.